The summed E-state index contributed by atoms with van der Waals surface area (Å²) in [7, 11) is 0. The average molecular weight is 428 g/mol. The minimum Gasteiger partial charge on any atom is -0.319 e. The highest BCUT2D eigenvalue weighted by Gasteiger charge is 2.16. The van der Waals surface area contributed by atoms with E-state index in [1.165, 1.54) is 17.7 Å². The summed E-state index contributed by atoms with van der Waals surface area (Å²) in [5.74, 6) is 0.158. The SMILES string of the molecule is O=C(Nc1cc(Br)ccc1-n1cncn1)c1csc(-c2ncccn2)n1. The van der Waals surface area contributed by atoms with Gasteiger partial charge in [0.1, 0.15) is 18.3 Å². The predicted octanol–water partition coefficient (Wildman–Crippen LogP) is 3.20. The Morgan fingerprint density at radius 2 is 2.08 bits per heavy atom. The number of anilines is 1. The smallest absolute Gasteiger partial charge is 0.275 e. The second-order valence-corrected chi connectivity index (χ2v) is 6.84. The molecule has 0 saturated carbocycles. The molecule has 3 heterocycles. The number of nitrogens with zero attached hydrogens (tertiary/aromatic N) is 6. The molecule has 8 nitrogen and oxygen atoms in total. The molecule has 0 spiro atoms. The van der Waals surface area contributed by atoms with Crippen LogP contribution in [-0.2, 0) is 0 Å². The van der Waals surface area contributed by atoms with Gasteiger partial charge in [0.25, 0.3) is 5.91 Å². The normalized spacial score (nSPS) is 10.7. The van der Waals surface area contributed by atoms with Gasteiger partial charge in [0, 0.05) is 22.2 Å². The number of carbonyl (C=O) groups is 1. The summed E-state index contributed by atoms with van der Waals surface area (Å²) < 4.78 is 2.40. The fourth-order valence-corrected chi connectivity index (χ4v) is 3.32. The molecule has 0 aliphatic carbocycles. The Bertz CT molecular complexity index is 1050. The first-order valence-corrected chi connectivity index (χ1v) is 9.07. The lowest BCUT2D eigenvalue weighted by atomic mass is 10.2. The van der Waals surface area contributed by atoms with E-state index in [2.05, 4.69) is 46.3 Å². The second-order valence-electron chi connectivity index (χ2n) is 5.07. The van der Waals surface area contributed by atoms with Crippen molar-refractivity contribution in [2.45, 2.75) is 0 Å². The van der Waals surface area contributed by atoms with E-state index in [0.717, 1.165) is 4.47 Å². The molecule has 0 fully saturated rings. The van der Waals surface area contributed by atoms with Crippen LogP contribution in [-0.4, -0.2) is 35.6 Å². The highest BCUT2D eigenvalue weighted by atomic mass is 79.9. The minimum atomic E-state index is -0.331. The number of amides is 1. The van der Waals surface area contributed by atoms with Crippen LogP contribution in [0.5, 0.6) is 0 Å². The molecule has 0 bridgehead atoms. The summed E-state index contributed by atoms with van der Waals surface area (Å²) in [6.45, 7) is 0. The quantitative estimate of drug-likeness (QED) is 0.536. The molecule has 128 valence electrons. The Kier molecular flexibility index (Phi) is 4.50. The van der Waals surface area contributed by atoms with Crippen molar-refractivity contribution in [3.8, 4) is 16.5 Å². The van der Waals surface area contributed by atoms with Gasteiger partial charge in [-0.05, 0) is 24.3 Å². The standard InChI is InChI=1S/C16H10BrN7OS/c17-10-2-3-13(24-9-18-8-21-24)11(6-10)22-15(25)12-7-26-16(23-12)14-19-4-1-5-20-14/h1-9H,(H,22,25). The van der Waals surface area contributed by atoms with E-state index >= 15 is 0 Å². The Labute approximate surface area is 160 Å². The lowest BCUT2D eigenvalue weighted by Crippen LogP contribution is -2.14. The van der Waals surface area contributed by atoms with Crippen molar-refractivity contribution in [2.75, 3.05) is 5.32 Å². The van der Waals surface area contributed by atoms with Crippen LogP contribution in [0.1, 0.15) is 10.5 Å². The first-order chi connectivity index (χ1) is 12.7. The molecule has 4 aromatic rings. The van der Waals surface area contributed by atoms with Crippen molar-refractivity contribution in [2.24, 2.45) is 0 Å². The van der Waals surface area contributed by atoms with Crippen molar-refractivity contribution in [3.05, 3.63) is 64.9 Å². The van der Waals surface area contributed by atoms with E-state index in [4.69, 9.17) is 0 Å². The van der Waals surface area contributed by atoms with E-state index in [9.17, 15) is 4.79 Å². The molecule has 0 saturated heterocycles. The summed E-state index contributed by atoms with van der Waals surface area (Å²) in [5, 5.41) is 9.24. The number of nitrogens with one attached hydrogen (secondary N) is 1. The van der Waals surface area contributed by atoms with Gasteiger partial charge in [-0.3, -0.25) is 4.79 Å². The number of rotatable bonds is 4. The highest BCUT2D eigenvalue weighted by Crippen LogP contribution is 2.26. The average Bonchev–Trinajstić information content (AvgIpc) is 3.35. The third kappa shape index (κ3) is 3.37. The largest absolute Gasteiger partial charge is 0.319 e. The van der Waals surface area contributed by atoms with E-state index in [-0.39, 0.29) is 5.91 Å². The van der Waals surface area contributed by atoms with Crippen LogP contribution >= 0.6 is 27.3 Å². The molecular weight excluding hydrogens is 418 g/mol. The van der Waals surface area contributed by atoms with Gasteiger partial charge in [-0.2, -0.15) is 5.10 Å². The highest BCUT2D eigenvalue weighted by molar-refractivity contribution is 9.10. The zero-order valence-corrected chi connectivity index (χ0v) is 15.5. The molecule has 1 N–H and O–H groups in total. The van der Waals surface area contributed by atoms with Crippen LogP contribution in [0.25, 0.3) is 16.5 Å². The summed E-state index contributed by atoms with van der Waals surface area (Å²) in [6.07, 6.45) is 6.26. The van der Waals surface area contributed by atoms with Gasteiger partial charge in [0.05, 0.1) is 11.4 Å². The lowest BCUT2D eigenvalue weighted by molar-refractivity contribution is 0.102. The Morgan fingerprint density at radius 3 is 2.85 bits per heavy atom. The van der Waals surface area contributed by atoms with Crippen LogP contribution in [0.3, 0.4) is 0 Å². The molecule has 0 aliphatic heterocycles. The number of hydrogen-bond donors (Lipinski definition) is 1. The Hall–Kier alpha value is -2.98. The number of thiazole rings is 1. The summed E-state index contributed by atoms with van der Waals surface area (Å²) in [4.78, 5) is 29.2. The topological polar surface area (TPSA) is 98.5 Å². The van der Waals surface area contributed by atoms with Crippen molar-refractivity contribution in [1.29, 1.82) is 0 Å². The van der Waals surface area contributed by atoms with Gasteiger partial charge in [0.15, 0.2) is 10.8 Å². The third-order valence-electron chi connectivity index (χ3n) is 3.37. The summed E-state index contributed by atoms with van der Waals surface area (Å²) >= 11 is 4.73. The van der Waals surface area contributed by atoms with Gasteiger partial charge in [-0.15, -0.1) is 11.3 Å². The Balaban J connectivity index is 1.61. The van der Waals surface area contributed by atoms with Crippen LogP contribution in [0.2, 0.25) is 0 Å². The molecule has 0 radical (unpaired) electrons. The van der Waals surface area contributed by atoms with Gasteiger partial charge in [-0.1, -0.05) is 15.9 Å². The zero-order valence-electron chi connectivity index (χ0n) is 13.1. The van der Waals surface area contributed by atoms with Gasteiger partial charge in [0.2, 0.25) is 0 Å². The van der Waals surface area contributed by atoms with Crippen LogP contribution < -0.4 is 5.32 Å². The van der Waals surface area contributed by atoms with E-state index in [1.807, 2.05) is 12.1 Å². The zero-order chi connectivity index (χ0) is 17.9. The van der Waals surface area contributed by atoms with E-state index < -0.39 is 0 Å². The van der Waals surface area contributed by atoms with Crippen LogP contribution in [0, 0.1) is 0 Å². The van der Waals surface area contributed by atoms with E-state index in [0.29, 0.717) is 27.9 Å². The number of carbonyl (C=O) groups excluding carboxylic acids is 1. The molecule has 10 heteroatoms. The molecule has 3 aromatic heterocycles. The predicted molar refractivity (Wildman–Crippen MR) is 100 cm³/mol. The lowest BCUT2D eigenvalue weighted by Gasteiger charge is -2.10. The molecule has 4 rings (SSSR count). The minimum absolute atomic E-state index is 0.293. The van der Waals surface area contributed by atoms with Crippen molar-refractivity contribution >= 4 is 38.9 Å². The molecule has 26 heavy (non-hydrogen) atoms. The van der Waals surface area contributed by atoms with Gasteiger partial charge < -0.3 is 5.32 Å². The second kappa shape index (κ2) is 7.10. The van der Waals surface area contributed by atoms with Crippen molar-refractivity contribution in [3.63, 3.8) is 0 Å². The molecule has 1 aromatic carbocycles. The van der Waals surface area contributed by atoms with Gasteiger partial charge >= 0.3 is 0 Å². The van der Waals surface area contributed by atoms with Crippen LogP contribution in [0.4, 0.5) is 5.69 Å². The maximum Gasteiger partial charge on any atom is 0.275 e. The fraction of sp³-hybridized carbons (Fsp3) is 0. The van der Waals surface area contributed by atoms with Crippen LogP contribution in [0.15, 0.2) is 59.2 Å². The van der Waals surface area contributed by atoms with E-state index in [1.54, 1.807) is 40.9 Å². The first-order valence-electron chi connectivity index (χ1n) is 7.39. The fourth-order valence-electron chi connectivity index (χ4n) is 2.22. The number of benzene rings is 1. The Morgan fingerprint density at radius 1 is 1.23 bits per heavy atom. The summed E-state index contributed by atoms with van der Waals surface area (Å²) in [5.41, 5.74) is 1.57. The van der Waals surface area contributed by atoms with Crippen molar-refractivity contribution in [1.82, 2.24) is 29.7 Å². The molecule has 1 amide bonds. The number of halogens is 1. The molecular formula is C16H10BrN7OS. The number of hydrogen-bond acceptors (Lipinski definition) is 7. The monoisotopic (exact) mass is 427 g/mol. The van der Waals surface area contributed by atoms with Crippen molar-refractivity contribution < 1.29 is 4.79 Å². The summed E-state index contributed by atoms with van der Waals surface area (Å²) in [6, 6.07) is 7.21. The van der Waals surface area contributed by atoms with Gasteiger partial charge in [-0.25, -0.2) is 24.6 Å². The maximum atomic E-state index is 12.6. The molecule has 0 aliphatic rings. The first kappa shape index (κ1) is 16.5. The molecule has 0 atom stereocenters. The molecule has 0 unspecified atom stereocenters. The third-order valence-corrected chi connectivity index (χ3v) is 4.70. The number of aromatic nitrogens is 6. The maximum absolute atomic E-state index is 12.6.